The van der Waals surface area contributed by atoms with Crippen LogP contribution < -0.4 is 15.4 Å². The Balaban J connectivity index is 0.00000217. The lowest BCUT2D eigenvalue weighted by molar-refractivity contribution is -0.134. The first-order valence-corrected chi connectivity index (χ1v) is 16.0. The zero-order valence-corrected chi connectivity index (χ0v) is 25.9. The summed E-state index contributed by atoms with van der Waals surface area (Å²) < 4.78 is 32.4. The molecule has 2 aromatic rings. The van der Waals surface area contributed by atoms with Crippen LogP contribution in [0.25, 0.3) is 0 Å². The molecule has 2 amide bonds. The van der Waals surface area contributed by atoms with Crippen LogP contribution in [-0.2, 0) is 32.6 Å². The summed E-state index contributed by atoms with van der Waals surface area (Å²) in [4.78, 5) is 20.6. The molecule has 2 rings (SSSR count). The molecule has 12 nitrogen and oxygen atoms in total. The molecule has 0 unspecified atom stereocenters. The number of phenols is 1. The number of aromatic hydroxyl groups is 1. The highest BCUT2D eigenvalue weighted by atomic mass is 32.2. The number of hydrogen-bond acceptors (Lipinski definition) is 9. The summed E-state index contributed by atoms with van der Waals surface area (Å²) >= 11 is 0. The summed E-state index contributed by atoms with van der Waals surface area (Å²) in [6.07, 6.45) is 5.89. The molecule has 13 heteroatoms. The fourth-order valence-electron chi connectivity index (χ4n) is 3.98. The molecular formula is C30H47N3O9S. The minimum atomic E-state index is -3.90. The van der Waals surface area contributed by atoms with E-state index in [1.807, 2.05) is 10.8 Å². The van der Waals surface area contributed by atoms with Crippen LogP contribution in [0.15, 0.2) is 47.4 Å². The van der Waals surface area contributed by atoms with E-state index in [0.717, 1.165) is 64.0 Å². The first-order valence-electron chi connectivity index (χ1n) is 14.5. The Bertz CT molecular complexity index is 1210. The van der Waals surface area contributed by atoms with Crippen LogP contribution in [0, 0.1) is 0 Å². The van der Waals surface area contributed by atoms with Gasteiger partial charge < -0.3 is 35.8 Å². The van der Waals surface area contributed by atoms with Gasteiger partial charge in [0.25, 0.3) is 16.0 Å². The number of amides is 2. The van der Waals surface area contributed by atoms with Crippen LogP contribution in [0.2, 0.25) is 0 Å². The number of hydrogen-bond donors (Lipinski definition) is 7. The predicted octanol–water partition coefficient (Wildman–Crippen LogP) is 3.21. The largest absolute Gasteiger partial charge is 0.508 e. The lowest BCUT2D eigenvalue weighted by atomic mass is 10.1. The second-order valence-electron chi connectivity index (χ2n) is 9.88. The highest BCUT2D eigenvalue weighted by molar-refractivity contribution is 7.90. The van der Waals surface area contributed by atoms with Gasteiger partial charge in [-0.3, -0.25) is 4.79 Å². The molecule has 2 aromatic carbocycles. The van der Waals surface area contributed by atoms with E-state index in [2.05, 4.69) is 10.6 Å². The van der Waals surface area contributed by atoms with Crippen molar-refractivity contribution in [2.45, 2.75) is 76.4 Å². The lowest BCUT2D eigenvalue weighted by Gasteiger charge is -2.14. The molecular weight excluding hydrogens is 578 g/mol. The number of carboxylic acids is 1. The van der Waals surface area contributed by atoms with E-state index < -0.39 is 28.1 Å². The van der Waals surface area contributed by atoms with E-state index in [1.54, 1.807) is 31.2 Å². The van der Waals surface area contributed by atoms with Crippen molar-refractivity contribution in [2.24, 2.45) is 0 Å². The van der Waals surface area contributed by atoms with Crippen LogP contribution in [-0.4, -0.2) is 73.7 Å². The zero-order valence-electron chi connectivity index (χ0n) is 25.0. The first-order chi connectivity index (χ1) is 20.5. The van der Waals surface area contributed by atoms with Gasteiger partial charge in [0.1, 0.15) is 5.75 Å². The van der Waals surface area contributed by atoms with E-state index in [-0.39, 0.29) is 17.3 Å². The molecule has 242 valence electrons. The van der Waals surface area contributed by atoms with E-state index in [0.29, 0.717) is 37.4 Å². The smallest absolute Gasteiger partial charge is 0.328 e. The number of unbranched alkanes of at least 4 members (excludes halogenated alkanes) is 4. The molecule has 0 radical (unpaired) electrons. The topological polar surface area (TPSA) is 195 Å². The van der Waals surface area contributed by atoms with Crippen molar-refractivity contribution in [1.82, 2.24) is 15.4 Å². The van der Waals surface area contributed by atoms with E-state index in [4.69, 9.17) is 14.6 Å². The maximum atomic E-state index is 12.3. The van der Waals surface area contributed by atoms with Crippen molar-refractivity contribution >= 4 is 22.0 Å². The summed E-state index contributed by atoms with van der Waals surface area (Å²) in [5.74, 6) is -0.810. The van der Waals surface area contributed by atoms with E-state index in [9.17, 15) is 28.5 Å². The molecule has 0 aliphatic heterocycles. The molecule has 1 atom stereocenters. The van der Waals surface area contributed by atoms with Crippen LogP contribution in [0.5, 0.6) is 5.75 Å². The van der Waals surface area contributed by atoms with Crippen LogP contribution >= 0.6 is 0 Å². The van der Waals surface area contributed by atoms with Gasteiger partial charge in [-0.25, -0.2) is 17.9 Å². The minimum absolute atomic E-state index is 0.0238. The van der Waals surface area contributed by atoms with Crippen LogP contribution in [0.1, 0.15) is 75.2 Å². The summed E-state index contributed by atoms with van der Waals surface area (Å²) in [6, 6.07) is 10.6. The molecule has 0 aliphatic rings. The number of urea groups is 1. The van der Waals surface area contributed by atoms with Crippen molar-refractivity contribution in [2.75, 3.05) is 32.8 Å². The average Bonchev–Trinajstić information content (AvgIpc) is 2.95. The number of nitrogens with one attached hydrogen (secondary N) is 3. The first kappa shape index (κ1) is 37.8. The van der Waals surface area contributed by atoms with Gasteiger partial charge in [0.2, 0.25) is 0 Å². The molecule has 0 saturated heterocycles. The predicted molar refractivity (Wildman–Crippen MR) is 163 cm³/mol. The Morgan fingerprint density at radius 2 is 1.65 bits per heavy atom. The number of carbonyl (C=O) groups excluding carboxylic acids is 1. The second-order valence-corrected chi connectivity index (χ2v) is 11.6. The fraction of sp³-hybridized carbons (Fsp3) is 0.533. The second kappa shape index (κ2) is 21.5. The Morgan fingerprint density at radius 1 is 0.977 bits per heavy atom. The van der Waals surface area contributed by atoms with Gasteiger partial charge in [0, 0.05) is 38.8 Å². The number of aryl methyl sites for hydroxylation is 1. The quantitative estimate of drug-likeness (QED) is 0.114. The summed E-state index contributed by atoms with van der Waals surface area (Å²) in [7, 11) is -3.90. The third-order valence-electron chi connectivity index (χ3n) is 6.17. The van der Waals surface area contributed by atoms with Crippen molar-refractivity contribution in [1.29, 1.82) is 0 Å². The average molecular weight is 626 g/mol. The Morgan fingerprint density at radius 3 is 2.33 bits per heavy atom. The monoisotopic (exact) mass is 625 g/mol. The molecule has 0 bridgehead atoms. The molecule has 0 heterocycles. The zero-order chi connectivity index (χ0) is 32.1. The van der Waals surface area contributed by atoms with Crippen LogP contribution in [0.3, 0.4) is 0 Å². The molecule has 0 aliphatic carbocycles. The summed E-state index contributed by atoms with van der Waals surface area (Å²) in [5, 5.41) is 42.2. The fourth-order valence-corrected chi connectivity index (χ4v) is 4.98. The number of carbonyl (C=O) groups is 2. The van der Waals surface area contributed by atoms with Gasteiger partial charge in [0.05, 0.1) is 17.6 Å². The van der Waals surface area contributed by atoms with Crippen molar-refractivity contribution in [3.63, 3.8) is 0 Å². The van der Waals surface area contributed by atoms with E-state index >= 15 is 0 Å². The number of benzene rings is 2. The SMILES string of the molecule is CC(=O)O.CCNC(=O)NS(=O)(=O)c1cccc(CCCCOCCCCCCNC[C@H](O)c2ccc(O)c(CO)c2)c1. The van der Waals surface area contributed by atoms with Crippen LogP contribution in [0.4, 0.5) is 4.79 Å². The number of aliphatic hydroxyl groups is 2. The standard InChI is InChI=1S/C28H43N3O7S.C2H4O2/c1-2-30-28(35)31-39(36,37)25-12-9-11-22(18-25)10-5-8-17-38-16-7-4-3-6-15-29-20-27(34)23-13-14-26(33)24(19-23)21-32;1-2(3)4/h9,11-14,18-19,27,29,32-34H,2-8,10,15-17,20-21H2,1H3,(H2,30,31,35);1H3,(H,3,4)/t27-;/m0./s1. The summed E-state index contributed by atoms with van der Waals surface area (Å²) in [5.41, 5.74) is 1.96. The van der Waals surface area contributed by atoms with Gasteiger partial charge in [-0.2, -0.15) is 0 Å². The highest BCUT2D eigenvalue weighted by Gasteiger charge is 2.17. The molecule has 7 N–H and O–H groups in total. The van der Waals surface area contributed by atoms with Gasteiger partial charge in [-0.1, -0.05) is 31.0 Å². The van der Waals surface area contributed by atoms with Gasteiger partial charge >= 0.3 is 6.03 Å². The lowest BCUT2D eigenvalue weighted by Crippen LogP contribution is -2.39. The number of aliphatic hydroxyl groups excluding tert-OH is 2. The molecule has 43 heavy (non-hydrogen) atoms. The van der Waals surface area contributed by atoms with E-state index in [1.165, 1.54) is 12.1 Å². The maximum Gasteiger partial charge on any atom is 0.328 e. The van der Waals surface area contributed by atoms with Gasteiger partial charge in [-0.15, -0.1) is 0 Å². The maximum absolute atomic E-state index is 12.3. The van der Waals surface area contributed by atoms with Crippen molar-refractivity contribution in [3.8, 4) is 5.75 Å². The normalized spacial score (nSPS) is 11.7. The van der Waals surface area contributed by atoms with Crippen molar-refractivity contribution in [3.05, 3.63) is 59.2 Å². The molecule has 0 spiro atoms. The molecule has 0 saturated carbocycles. The highest BCUT2D eigenvalue weighted by Crippen LogP contribution is 2.22. The third kappa shape index (κ3) is 16.9. The number of ether oxygens (including phenoxy) is 1. The Hall–Kier alpha value is -3.23. The number of sulfonamides is 1. The molecule has 0 aromatic heterocycles. The van der Waals surface area contributed by atoms with Gasteiger partial charge in [-0.05, 0) is 81.0 Å². The number of rotatable bonds is 19. The minimum Gasteiger partial charge on any atom is -0.508 e. The Kier molecular flexibility index (Phi) is 18.9. The summed E-state index contributed by atoms with van der Waals surface area (Å²) in [6.45, 7) is 5.44. The van der Waals surface area contributed by atoms with Crippen molar-refractivity contribution < 1.29 is 43.2 Å². The van der Waals surface area contributed by atoms with Gasteiger partial charge in [0.15, 0.2) is 0 Å². The number of aliphatic carboxylic acids is 1. The Labute approximate surface area is 254 Å². The number of carboxylic acid groups (broad SMARTS) is 1. The molecule has 0 fully saturated rings. The third-order valence-corrected chi connectivity index (χ3v) is 7.49.